The second kappa shape index (κ2) is 8.36. The first-order chi connectivity index (χ1) is 7.81. The Labute approximate surface area is 106 Å². The molecule has 0 aromatic rings. The zero-order chi connectivity index (χ0) is 11.8. The molecule has 96 valence electrons. The fourth-order valence-corrected chi connectivity index (χ4v) is 3.21. The number of rotatable bonds is 7. The van der Waals surface area contributed by atoms with Crippen LogP contribution in [0.1, 0.15) is 52.4 Å². The van der Waals surface area contributed by atoms with Crippen molar-refractivity contribution >= 4 is 11.6 Å². The molecule has 1 aliphatic carbocycles. The highest BCUT2D eigenvalue weighted by Gasteiger charge is 2.23. The van der Waals surface area contributed by atoms with Crippen LogP contribution in [0.15, 0.2) is 0 Å². The predicted octanol–water partition coefficient (Wildman–Crippen LogP) is 4.06. The molecule has 2 heteroatoms. The molecule has 2 atom stereocenters. The van der Waals surface area contributed by atoms with Gasteiger partial charge < -0.3 is 5.32 Å². The van der Waals surface area contributed by atoms with Gasteiger partial charge in [0.1, 0.15) is 0 Å². The van der Waals surface area contributed by atoms with Crippen LogP contribution in [0, 0.1) is 17.8 Å². The molecule has 16 heavy (non-hydrogen) atoms. The monoisotopic (exact) mass is 245 g/mol. The zero-order valence-corrected chi connectivity index (χ0v) is 11.7. The lowest BCUT2D eigenvalue weighted by molar-refractivity contribution is 0.246. The highest BCUT2D eigenvalue weighted by atomic mass is 35.5. The topological polar surface area (TPSA) is 12.0 Å². The number of alkyl halides is 1. The summed E-state index contributed by atoms with van der Waals surface area (Å²) in [4.78, 5) is 0. The minimum atomic E-state index is 0.768. The maximum Gasteiger partial charge on any atom is 0.0254 e. The van der Waals surface area contributed by atoms with E-state index < -0.39 is 0 Å². The second-order valence-electron chi connectivity index (χ2n) is 5.30. The van der Waals surface area contributed by atoms with Crippen molar-refractivity contribution in [2.24, 2.45) is 17.8 Å². The highest BCUT2D eigenvalue weighted by molar-refractivity contribution is 6.18. The van der Waals surface area contributed by atoms with E-state index in [9.17, 15) is 0 Å². The van der Waals surface area contributed by atoms with Crippen LogP contribution in [0.5, 0.6) is 0 Å². The summed E-state index contributed by atoms with van der Waals surface area (Å²) in [5.41, 5.74) is 0. The van der Waals surface area contributed by atoms with Gasteiger partial charge >= 0.3 is 0 Å². The quantitative estimate of drug-likeness (QED) is 0.667. The molecule has 0 aromatic carbocycles. The fourth-order valence-electron chi connectivity index (χ4n) is 2.81. The van der Waals surface area contributed by atoms with E-state index in [2.05, 4.69) is 19.2 Å². The van der Waals surface area contributed by atoms with Crippen molar-refractivity contribution in [2.45, 2.75) is 52.4 Å². The van der Waals surface area contributed by atoms with Gasteiger partial charge in [-0.1, -0.05) is 39.5 Å². The van der Waals surface area contributed by atoms with Gasteiger partial charge in [-0.05, 0) is 43.7 Å². The maximum atomic E-state index is 6.04. The van der Waals surface area contributed by atoms with E-state index >= 15 is 0 Å². The second-order valence-corrected chi connectivity index (χ2v) is 5.61. The van der Waals surface area contributed by atoms with Gasteiger partial charge in [-0.3, -0.25) is 0 Å². The smallest absolute Gasteiger partial charge is 0.0254 e. The third-order valence-corrected chi connectivity index (χ3v) is 4.66. The molecule has 0 radical (unpaired) electrons. The van der Waals surface area contributed by atoms with Crippen molar-refractivity contribution in [1.82, 2.24) is 5.32 Å². The molecule has 0 saturated heterocycles. The summed E-state index contributed by atoms with van der Waals surface area (Å²) in [6.45, 7) is 6.96. The van der Waals surface area contributed by atoms with E-state index in [1.54, 1.807) is 0 Å². The molecule has 1 rings (SSSR count). The van der Waals surface area contributed by atoms with E-state index in [1.165, 1.54) is 51.6 Å². The SMILES string of the molecule is CCC(CC)CNCC1CCCCC1CCl. The molecule has 1 saturated carbocycles. The summed E-state index contributed by atoms with van der Waals surface area (Å²) in [5.74, 6) is 3.32. The summed E-state index contributed by atoms with van der Waals surface area (Å²) in [6, 6.07) is 0. The van der Waals surface area contributed by atoms with E-state index in [0.717, 1.165) is 23.6 Å². The summed E-state index contributed by atoms with van der Waals surface area (Å²) in [7, 11) is 0. The van der Waals surface area contributed by atoms with Crippen LogP contribution in [0.4, 0.5) is 0 Å². The van der Waals surface area contributed by atoms with Gasteiger partial charge in [0.15, 0.2) is 0 Å². The van der Waals surface area contributed by atoms with E-state index in [4.69, 9.17) is 11.6 Å². The van der Waals surface area contributed by atoms with Gasteiger partial charge in [-0.2, -0.15) is 0 Å². The van der Waals surface area contributed by atoms with Crippen molar-refractivity contribution in [3.05, 3.63) is 0 Å². The molecular weight excluding hydrogens is 218 g/mol. The van der Waals surface area contributed by atoms with Crippen molar-refractivity contribution in [2.75, 3.05) is 19.0 Å². The Morgan fingerprint density at radius 1 is 1.12 bits per heavy atom. The molecule has 0 bridgehead atoms. The van der Waals surface area contributed by atoms with Crippen molar-refractivity contribution in [1.29, 1.82) is 0 Å². The van der Waals surface area contributed by atoms with Gasteiger partial charge in [0.05, 0.1) is 0 Å². The van der Waals surface area contributed by atoms with Crippen LogP contribution < -0.4 is 5.32 Å². The molecule has 0 heterocycles. The number of hydrogen-bond acceptors (Lipinski definition) is 1. The lowest BCUT2D eigenvalue weighted by Crippen LogP contribution is -2.33. The Hall–Kier alpha value is 0.250. The Kier molecular flexibility index (Phi) is 7.47. The average Bonchev–Trinajstić information content (AvgIpc) is 2.35. The third kappa shape index (κ3) is 4.63. The summed E-state index contributed by atoms with van der Waals surface area (Å²) in [5, 5.41) is 3.66. The normalized spacial score (nSPS) is 26.2. The van der Waals surface area contributed by atoms with Crippen LogP contribution in [0.25, 0.3) is 0 Å². The van der Waals surface area contributed by atoms with Crippen LogP contribution in [0.3, 0.4) is 0 Å². The van der Waals surface area contributed by atoms with Gasteiger partial charge in [-0.15, -0.1) is 11.6 Å². The first kappa shape index (κ1) is 14.3. The Bertz CT molecular complexity index is 168. The summed E-state index contributed by atoms with van der Waals surface area (Å²) >= 11 is 6.04. The Morgan fingerprint density at radius 3 is 2.31 bits per heavy atom. The Morgan fingerprint density at radius 2 is 1.75 bits per heavy atom. The van der Waals surface area contributed by atoms with E-state index in [1.807, 2.05) is 0 Å². The van der Waals surface area contributed by atoms with Crippen molar-refractivity contribution < 1.29 is 0 Å². The fraction of sp³-hybridized carbons (Fsp3) is 1.00. The van der Waals surface area contributed by atoms with Gasteiger partial charge in [0.25, 0.3) is 0 Å². The van der Waals surface area contributed by atoms with E-state index in [0.29, 0.717) is 0 Å². The standard InChI is InChI=1S/C14H28ClN/c1-3-12(4-2)10-16-11-14-8-6-5-7-13(14)9-15/h12-14,16H,3-11H2,1-2H3. The summed E-state index contributed by atoms with van der Waals surface area (Å²) < 4.78 is 0. The molecule has 1 fully saturated rings. The molecule has 0 aromatic heterocycles. The van der Waals surface area contributed by atoms with Crippen LogP contribution >= 0.6 is 11.6 Å². The zero-order valence-electron chi connectivity index (χ0n) is 11.0. The maximum absolute atomic E-state index is 6.04. The predicted molar refractivity (Wildman–Crippen MR) is 73.1 cm³/mol. The van der Waals surface area contributed by atoms with Gasteiger partial charge in [0, 0.05) is 5.88 Å². The lowest BCUT2D eigenvalue weighted by Gasteiger charge is -2.30. The van der Waals surface area contributed by atoms with Gasteiger partial charge in [0.2, 0.25) is 0 Å². The van der Waals surface area contributed by atoms with Crippen LogP contribution in [-0.2, 0) is 0 Å². The molecule has 0 spiro atoms. The van der Waals surface area contributed by atoms with Crippen molar-refractivity contribution in [3.8, 4) is 0 Å². The molecule has 2 unspecified atom stereocenters. The highest BCUT2D eigenvalue weighted by Crippen LogP contribution is 2.30. The largest absolute Gasteiger partial charge is 0.316 e. The lowest BCUT2D eigenvalue weighted by atomic mass is 9.80. The Balaban J connectivity index is 2.19. The molecule has 1 N–H and O–H groups in total. The van der Waals surface area contributed by atoms with E-state index in [-0.39, 0.29) is 0 Å². The van der Waals surface area contributed by atoms with Crippen LogP contribution in [-0.4, -0.2) is 19.0 Å². The first-order valence-corrected chi connectivity index (χ1v) is 7.61. The van der Waals surface area contributed by atoms with Gasteiger partial charge in [-0.25, -0.2) is 0 Å². The molecule has 1 aliphatic rings. The minimum absolute atomic E-state index is 0.768. The minimum Gasteiger partial charge on any atom is -0.316 e. The summed E-state index contributed by atoms with van der Waals surface area (Å²) in [6.07, 6.45) is 8.12. The number of halogens is 1. The number of nitrogens with one attached hydrogen (secondary N) is 1. The molecule has 0 amide bonds. The molecular formula is C14H28ClN. The number of hydrogen-bond donors (Lipinski definition) is 1. The molecule has 1 nitrogen and oxygen atoms in total. The first-order valence-electron chi connectivity index (χ1n) is 7.08. The van der Waals surface area contributed by atoms with Crippen molar-refractivity contribution in [3.63, 3.8) is 0 Å². The third-order valence-electron chi connectivity index (χ3n) is 4.26. The van der Waals surface area contributed by atoms with Crippen LogP contribution in [0.2, 0.25) is 0 Å². The molecule has 0 aliphatic heterocycles. The average molecular weight is 246 g/mol.